The van der Waals surface area contributed by atoms with Crippen LogP contribution in [0.4, 0.5) is 5.69 Å². The molecule has 0 aliphatic heterocycles. The molecule has 0 aliphatic carbocycles. The normalized spacial score (nSPS) is 10.0. The van der Waals surface area contributed by atoms with Crippen LogP contribution in [0.25, 0.3) is 0 Å². The lowest BCUT2D eigenvalue weighted by Crippen LogP contribution is -2.11. The minimum absolute atomic E-state index is 0.0206. The third-order valence-electron chi connectivity index (χ3n) is 1.73. The predicted molar refractivity (Wildman–Crippen MR) is 51.7 cm³/mol. The Kier molecular flexibility index (Phi) is 2.95. The maximum absolute atomic E-state index is 9.04. The van der Waals surface area contributed by atoms with Gasteiger partial charge in [-0.1, -0.05) is 17.7 Å². The van der Waals surface area contributed by atoms with Gasteiger partial charge in [0, 0.05) is 30.4 Å². The molecule has 1 N–H and O–H groups in total. The summed E-state index contributed by atoms with van der Waals surface area (Å²) in [5.74, 6) is 0. The highest BCUT2D eigenvalue weighted by Crippen LogP contribution is 2.25. The zero-order chi connectivity index (χ0) is 9.14. The molecule has 0 aromatic heterocycles. The molecule has 0 spiro atoms. The van der Waals surface area contributed by atoms with Crippen LogP contribution in [0.3, 0.4) is 0 Å². The van der Waals surface area contributed by atoms with Crippen LogP contribution in [0.2, 0.25) is 5.02 Å². The molecule has 1 aromatic carbocycles. The summed E-state index contributed by atoms with van der Waals surface area (Å²) >= 11 is 5.89. The number of nitrogens with zero attached hydrogens (tertiary/aromatic N) is 1. The fourth-order valence-corrected chi connectivity index (χ4v) is 1.35. The van der Waals surface area contributed by atoms with E-state index in [9.17, 15) is 0 Å². The molecule has 0 saturated carbocycles. The first kappa shape index (κ1) is 9.36. The summed E-state index contributed by atoms with van der Waals surface area (Å²) < 4.78 is 0. The van der Waals surface area contributed by atoms with E-state index < -0.39 is 0 Å². The van der Waals surface area contributed by atoms with Crippen LogP contribution < -0.4 is 4.90 Å². The van der Waals surface area contributed by atoms with E-state index in [1.165, 1.54) is 0 Å². The highest BCUT2D eigenvalue weighted by Gasteiger charge is 2.06. The van der Waals surface area contributed by atoms with Crippen molar-refractivity contribution in [2.75, 3.05) is 19.0 Å². The second-order valence-electron chi connectivity index (χ2n) is 2.79. The van der Waals surface area contributed by atoms with Gasteiger partial charge in [-0.15, -0.1) is 0 Å². The van der Waals surface area contributed by atoms with Crippen LogP contribution in [0.5, 0.6) is 0 Å². The lowest BCUT2D eigenvalue weighted by Gasteiger charge is -2.16. The molecule has 0 bridgehead atoms. The zero-order valence-corrected chi connectivity index (χ0v) is 7.97. The van der Waals surface area contributed by atoms with Crippen LogP contribution in [-0.2, 0) is 6.61 Å². The molecule has 0 heterocycles. The second kappa shape index (κ2) is 3.78. The van der Waals surface area contributed by atoms with Crippen molar-refractivity contribution < 1.29 is 5.11 Å². The van der Waals surface area contributed by atoms with E-state index in [2.05, 4.69) is 0 Å². The third kappa shape index (κ3) is 1.71. The SMILES string of the molecule is CN(C)c1cccc(Cl)c1CO. The molecule has 0 radical (unpaired) electrons. The fraction of sp³-hybridized carbons (Fsp3) is 0.333. The van der Waals surface area contributed by atoms with Gasteiger partial charge in [0.05, 0.1) is 6.61 Å². The van der Waals surface area contributed by atoms with E-state index in [1.807, 2.05) is 31.1 Å². The third-order valence-corrected chi connectivity index (χ3v) is 2.09. The van der Waals surface area contributed by atoms with Crippen LogP contribution in [0.15, 0.2) is 18.2 Å². The molecule has 66 valence electrons. The largest absolute Gasteiger partial charge is 0.392 e. The molecule has 1 aromatic rings. The molecule has 0 aliphatic rings. The van der Waals surface area contributed by atoms with Crippen LogP contribution in [-0.4, -0.2) is 19.2 Å². The molecule has 0 unspecified atom stereocenters. The Morgan fingerprint density at radius 2 is 2.08 bits per heavy atom. The number of aliphatic hydroxyl groups is 1. The van der Waals surface area contributed by atoms with Crippen LogP contribution >= 0.6 is 11.6 Å². The van der Waals surface area contributed by atoms with Gasteiger partial charge in [0.15, 0.2) is 0 Å². The maximum Gasteiger partial charge on any atom is 0.0716 e. The first-order valence-corrected chi connectivity index (χ1v) is 4.10. The molecule has 3 heteroatoms. The summed E-state index contributed by atoms with van der Waals surface area (Å²) in [7, 11) is 3.84. The van der Waals surface area contributed by atoms with Crippen molar-refractivity contribution in [2.24, 2.45) is 0 Å². The van der Waals surface area contributed by atoms with Gasteiger partial charge < -0.3 is 10.0 Å². The summed E-state index contributed by atoms with van der Waals surface area (Å²) in [6.07, 6.45) is 0. The number of hydrogen-bond acceptors (Lipinski definition) is 2. The Morgan fingerprint density at radius 3 is 2.50 bits per heavy atom. The Hall–Kier alpha value is -0.730. The van der Waals surface area contributed by atoms with Crippen molar-refractivity contribution in [1.82, 2.24) is 0 Å². The maximum atomic E-state index is 9.04. The summed E-state index contributed by atoms with van der Waals surface area (Å²) in [5, 5.41) is 9.65. The predicted octanol–water partition coefficient (Wildman–Crippen LogP) is 1.90. The van der Waals surface area contributed by atoms with Crippen LogP contribution in [0, 0.1) is 0 Å². The molecule has 0 atom stereocenters. The summed E-state index contributed by atoms with van der Waals surface area (Å²) in [4.78, 5) is 1.93. The minimum Gasteiger partial charge on any atom is -0.392 e. The van der Waals surface area contributed by atoms with E-state index in [0.717, 1.165) is 11.3 Å². The van der Waals surface area contributed by atoms with E-state index in [-0.39, 0.29) is 6.61 Å². The van der Waals surface area contributed by atoms with E-state index in [0.29, 0.717) is 5.02 Å². The van der Waals surface area contributed by atoms with Gasteiger partial charge in [0.25, 0.3) is 0 Å². The highest BCUT2D eigenvalue weighted by molar-refractivity contribution is 6.31. The Labute approximate surface area is 77.4 Å². The number of rotatable bonds is 2. The van der Waals surface area contributed by atoms with Crippen molar-refractivity contribution in [3.63, 3.8) is 0 Å². The number of hydrogen-bond donors (Lipinski definition) is 1. The average molecular weight is 186 g/mol. The summed E-state index contributed by atoms with van der Waals surface area (Å²) in [6, 6.07) is 5.58. The van der Waals surface area contributed by atoms with Gasteiger partial charge in [-0.05, 0) is 12.1 Å². The first-order chi connectivity index (χ1) is 5.66. The van der Waals surface area contributed by atoms with E-state index in [4.69, 9.17) is 16.7 Å². The minimum atomic E-state index is -0.0206. The van der Waals surface area contributed by atoms with Gasteiger partial charge in [-0.25, -0.2) is 0 Å². The van der Waals surface area contributed by atoms with Crippen LogP contribution in [0.1, 0.15) is 5.56 Å². The number of anilines is 1. The molecule has 1 rings (SSSR count). The molecule has 0 fully saturated rings. The number of aliphatic hydroxyl groups excluding tert-OH is 1. The highest BCUT2D eigenvalue weighted by atomic mass is 35.5. The first-order valence-electron chi connectivity index (χ1n) is 3.72. The second-order valence-corrected chi connectivity index (χ2v) is 3.20. The Balaban J connectivity index is 3.18. The van der Waals surface area contributed by atoms with Gasteiger partial charge >= 0.3 is 0 Å². The van der Waals surface area contributed by atoms with Crippen molar-refractivity contribution in [2.45, 2.75) is 6.61 Å². The van der Waals surface area contributed by atoms with E-state index >= 15 is 0 Å². The van der Waals surface area contributed by atoms with Crippen molar-refractivity contribution >= 4 is 17.3 Å². The zero-order valence-electron chi connectivity index (χ0n) is 7.21. The average Bonchev–Trinajstić information content (AvgIpc) is 2.03. The Morgan fingerprint density at radius 1 is 1.42 bits per heavy atom. The molecule has 12 heavy (non-hydrogen) atoms. The van der Waals surface area contributed by atoms with Gasteiger partial charge in [0.2, 0.25) is 0 Å². The summed E-state index contributed by atoms with van der Waals surface area (Å²) in [6.45, 7) is -0.0206. The monoisotopic (exact) mass is 185 g/mol. The molecule has 0 saturated heterocycles. The standard InChI is InChI=1S/C9H12ClNO/c1-11(2)9-5-3-4-8(10)7(9)6-12/h3-5,12H,6H2,1-2H3. The molecular weight excluding hydrogens is 174 g/mol. The van der Waals surface area contributed by atoms with Gasteiger partial charge in [-0.2, -0.15) is 0 Å². The number of halogens is 1. The van der Waals surface area contributed by atoms with Gasteiger partial charge in [-0.3, -0.25) is 0 Å². The summed E-state index contributed by atoms with van der Waals surface area (Å²) in [5.41, 5.74) is 1.74. The van der Waals surface area contributed by atoms with E-state index in [1.54, 1.807) is 6.07 Å². The fourth-order valence-electron chi connectivity index (χ4n) is 1.12. The molecule has 2 nitrogen and oxygen atoms in total. The van der Waals surface area contributed by atoms with Crippen molar-refractivity contribution in [3.05, 3.63) is 28.8 Å². The Bertz CT molecular complexity index is 273. The van der Waals surface area contributed by atoms with Gasteiger partial charge in [0.1, 0.15) is 0 Å². The smallest absolute Gasteiger partial charge is 0.0716 e. The number of benzene rings is 1. The molecule has 0 amide bonds. The van der Waals surface area contributed by atoms with Crippen molar-refractivity contribution in [1.29, 1.82) is 0 Å². The molecular formula is C9H12ClNO. The van der Waals surface area contributed by atoms with Crippen molar-refractivity contribution in [3.8, 4) is 0 Å². The quantitative estimate of drug-likeness (QED) is 0.761. The lowest BCUT2D eigenvalue weighted by atomic mass is 10.2. The topological polar surface area (TPSA) is 23.5 Å². The lowest BCUT2D eigenvalue weighted by molar-refractivity contribution is 0.282.